The number of rotatable bonds is 0. The summed E-state index contributed by atoms with van der Waals surface area (Å²) in [6.45, 7) is 5.25. The van der Waals surface area contributed by atoms with Gasteiger partial charge in [0.25, 0.3) is 0 Å². The van der Waals surface area contributed by atoms with E-state index in [1.807, 2.05) is 6.92 Å². The van der Waals surface area contributed by atoms with Gasteiger partial charge in [0.15, 0.2) is 0 Å². The highest BCUT2D eigenvalue weighted by Crippen LogP contribution is 1.38. The summed E-state index contributed by atoms with van der Waals surface area (Å²) in [6, 6.07) is 0. The van der Waals surface area contributed by atoms with Crippen LogP contribution in [-0.2, 0) is 4.46 Å². The van der Waals surface area contributed by atoms with E-state index in [1.165, 1.54) is 0 Å². The third-order valence-corrected chi connectivity index (χ3v) is 0. The molecule has 0 amide bonds. The zero-order valence-electron chi connectivity index (χ0n) is 3.40. The molecule has 0 aliphatic rings. The normalized spacial score (nSPS) is 3.40. The van der Waals surface area contributed by atoms with Crippen LogP contribution in [0, 0.1) is 0 Å². The predicted molar refractivity (Wildman–Crippen MR) is 25.1 cm³/mol. The van der Waals surface area contributed by atoms with Gasteiger partial charge in [0.1, 0.15) is 0 Å². The van der Waals surface area contributed by atoms with Crippen LogP contribution in [0.25, 0.3) is 0 Å². The summed E-state index contributed by atoms with van der Waals surface area (Å²) < 4.78 is 8.28. The summed E-state index contributed by atoms with van der Waals surface area (Å²) in [5, 5.41) is 0. The molecule has 0 saturated carbocycles. The molecule has 0 bridgehead atoms. The second kappa shape index (κ2) is 49.8. The molecule has 2 heteroatoms. The van der Waals surface area contributed by atoms with Crippen molar-refractivity contribution in [3.63, 3.8) is 0 Å². The molecule has 0 rings (SSSR count). The van der Waals surface area contributed by atoms with Crippen molar-refractivity contribution < 1.29 is 4.46 Å². The standard InChI is InChI=1S/C3H6.H2OSi/c1-3-2;1-2/h3H,1H2,2H3;2H2. The molecule has 0 spiro atoms. The van der Waals surface area contributed by atoms with Crippen molar-refractivity contribution in [1.82, 2.24) is 0 Å². The molecule has 0 N–H and O–H groups in total. The summed E-state index contributed by atoms with van der Waals surface area (Å²) in [5.41, 5.74) is 0. The first kappa shape index (κ1) is 8.83. The molecule has 0 radical (unpaired) electrons. The van der Waals surface area contributed by atoms with Gasteiger partial charge in [-0.2, -0.15) is 0 Å². The van der Waals surface area contributed by atoms with Gasteiger partial charge in [-0.1, -0.05) is 6.08 Å². The minimum Gasteiger partial charge on any atom is -0.396 e. The van der Waals surface area contributed by atoms with Gasteiger partial charge in [0.05, 0.1) is 0 Å². The van der Waals surface area contributed by atoms with E-state index in [0.29, 0.717) is 10.1 Å². The molecule has 30 valence electrons. The minimum atomic E-state index is 0.611. The Morgan fingerprint density at radius 1 is 1.80 bits per heavy atom. The van der Waals surface area contributed by atoms with Crippen LogP contribution in [0.1, 0.15) is 6.92 Å². The van der Waals surface area contributed by atoms with Crippen LogP contribution in [-0.4, -0.2) is 10.1 Å². The third-order valence-electron chi connectivity index (χ3n) is 0. The van der Waals surface area contributed by atoms with Gasteiger partial charge in [-0.05, 0) is 6.92 Å². The Hall–Kier alpha value is -0.243. The lowest BCUT2D eigenvalue weighted by Crippen LogP contribution is -1.07. The molecule has 0 heterocycles. The van der Waals surface area contributed by atoms with Gasteiger partial charge < -0.3 is 4.46 Å². The lowest BCUT2D eigenvalue weighted by Gasteiger charge is -1.31. The molecule has 0 atom stereocenters. The first-order valence-corrected chi connectivity index (χ1v) is 1.85. The second-order valence-corrected chi connectivity index (χ2v) is 0.408. The molecule has 0 aromatic rings. The lowest BCUT2D eigenvalue weighted by atomic mass is 10.8. The highest BCUT2D eigenvalue weighted by Gasteiger charge is 1.15. The number of hydrogen-bond donors (Lipinski definition) is 0. The monoisotopic (exact) mass is 88.0 g/mol. The Bertz CT molecular complexity index is 20.9. The smallest absolute Gasteiger partial charge is 0.245 e. The first-order chi connectivity index (χ1) is 2.41. The maximum absolute atomic E-state index is 8.28. The van der Waals surface area contributed by atoms with Gasteiger partial charge in [-0.15, -0.1) is 6.58 Å². The molecule has 0 aliphatic carbocycles. The molecular formula is C3H8OSi. The van der Waals surface area contributed by atoms with Crippen LogP contribution in [0.5, 0.6) is 0 Å². The molecule has 1 nitrogen and oxygen atoms in total. The highest BCUT2D eigenvalue weighted by molar-refractivity contribution is 5.85. The van der Waals surface area contributed by atoms with Crippen molar-refractivity contribution in [1.29, 1.82) is 0 Å². The van der Waals surface area contributed by atoms with Crippen LogP contribution < -0.4 is 0 Å². The van der Waals surface area contributed by atoms with Crippen LogP contribution in [0.2, 0.25) is 0 Å². The fourth-order valence-corrected chi connectivity index (χ4v) is 0. The van der Waals surface area contributed by atoms with Gasteiger partial charge in [0, 0.05) is 0 Å². The average molecular weight is 88.2 g/mol. The van der Waals surface area contributed by atoms with Crippen molar-refractivity contribution in [2.24, 2.45) is 0 Å². The summed E-state index contributed by atoms with van der Waals surface area (Å²) in [5.74, 6) is 0. The Labute approximate surface area is 35.2 Å². The van der Waals surface area contributed by atoms with E-state index < -0.39 is 0 Å². The Balaban J connectivity index is 0. The third kappa shape index (κ3) is 196. The summed E-state index contributed by atoms with van der Waals surface area (Å²) >= 11 is 0. The molecule has 0 aromatic carbocycles. The van der Waals surface area contributed by atoms with E-state index in [0.717, 1.165) is 0 Å². The molecule has 0 aliphatic heterocycles. The van der Waals surface area contributed by atoms with Gasteiger partial charge in [-0.3, -0.25) is 0 Å². The quantitative estimate of drug-likeness (QED) is 0.304. The van der Waals surface area contributed by atoms with E-state index in [-0.39, 0.29) is 0 Å². The highest BCUT2D eigenvalue weighted by atomic mass is 28.1. The van der Waals surface area contributed by atoms with Crippen molar-refractivity contribution in [2.45, 2.75) is 6.92 Å². The Kier molecular flexibility index (Phi) is 88.1. The van der Waals surface area contributed by atoms with Crippen LogP contribution in [0.15, 0.2) is 12.7 Å². The van der Waals surface area contributed by atoms with E-state index in [9.17, 15) is 0 Å². The molecule has 0 unspecified atom stereocenters. The van der Waals surface area contributed by atoms with Gasteiger partial charge >= 0.3 is 0 Å². The fraction of sp³-hybridized carbons (Fsp3) is 0.333. The molecule has 0 fully saturated rings. The largest absolute Gasteiger partial charge is 0.396 e. The lowest BCUT2D eigenvalue weighted by molar-refractivity contribution is 0.590. The zero-order chi connectivity index (χ0) is 4.71. The summed E-state index contributed by atoms with van der Waals surface area (Å²) in [7, 11) is 0.611. The molecule has 0 aromatic heterocycles. The summed E-state index contributed by atoms with van der Waals surface area (Å²) in [4.78, 5) is 0. The predicted octanol–water partition coefficient (Wildman–Crippen LogP) is 0.157. The average Bonchev–Trinajstić information content (AvgIpc) is 1.46. The van der Waals surface area contributed by atoms with E-state index in [1.54, 1.807) is 6.08 Å². The zero-order valence-corrected chi connectivity index (χ0v) is 4.81. The van der Waals surface area contributed by atoms with Crippen molar-refractivity contribution >= 4 is 10.1 Å². The Morgan fingerprint density at radius 3 is 1.80 bits per heavy atom. The van der Waals surface area contributed by atoms with Crippen molar-refractivity contribution in [3.8, 4) is 0 Å². The summed E-state index contributed by atoms with van der Waals surface area (Å²) in [6.07, 6.45) is 1.75. The van der Waals surface area contributed by atoms with E-state index >= 15 is 0 Å². The van der Waals surface area contributed by atoms with E-state index in [2.05, 4.69) is 6.58 Å². The first-order valence-electron chi connectivity index (χ1n) is 1.27. The van der Waals surface area contributed by atoms with Crippen molar-refractivity contribution in [3.05, 3.63) is 12.7 Å². The van der Waals surface area contributed by atoms with Crippen LogP contribution >= 0.6 is 0 Å². The number of allylic oxidation sites excluding steroid dienone is 1. The minimum absolute atomic E-state index is 0.611. The van der Waals surface area contributed by atoms with Gasteiger partial charge in [0.2, 0.25) is 10.1 Å². The maximum Gasteiger partial charge on any atom is 0.245 e. The fourth-order valence-electron chi connectivity index (χ4n) is 0. The van der Waals surface area contributed by atoms with Crippen molar-refractivity contribution in [2.75, 3.05) is 0 Å². The molecular weight excluding hydrogens is 80.1 g/mol. The number of hydrogen-bond acceptors (Lipinski definition) is 1. The van der Waals surface area contributed by atoms with Crippen LogP contribution in [0.3, 0.4) is 0 Å². The molecule has 5 heavy (non-hydrogen) atoms. The maximum atomic E-state index is 8.28. The topological polar surface area (TPSA) is 17.1 Å². The molecule has 0 saturated heterocycles. The SMILES string of the molecule is C=CC.O=[SiH2]. The second-order valence-electron chi connectivity index (χ2n) is 0.408. The Morgan fingerprint density at radius 2 is 1.80 bits per heavy atom. The van der Waals surface area contributed by atoms with Crippen LogP contribution in [0.4, 0.5) is 0 Å². The van der Waals surface area contributed by atoms with E-state index in [4.69, 9.17) is 4.46 Å². The van der Waals surface area contributed by atoms with Gasteiger partial charge in [-0.25, -0.2) is 0 Å².